The van der Waals surface area contributed by atoms with Crippen LogP contribution >= 0.6 is 34.9 Å². The second-order valence-electron chi connectivity index (χ2n) is 2.71. The molecule has 0 saturated heterocycles. The lowest BCUT2D eigenvalue weighted by Gasteiger charge is -2.06. The summed E-state index contributed by atoms with van der Waals surface area (Å²) in [6.07, 6.45) is 0.153. The Morgan fingerprint density at radius 1 is 1.79 bits per heavy atom. The highest BCUT2D eigenvalue weighted by Gasteiger charge is 2.11. The number of carboxylic acid groups (broad SMARTS) is 1. The summed E-state index contributed by atoms with van der Waals surface area (Å²) in [4.78, 5) is 10.4. The monoisotopic (exact) mass is 252 g/mol. The van der Waals surface area contributed by atoms with E-state index in [1.54, 1.807) is 0 Å². The van der Waals surface area contributed by atoms with Gasteiger partial charge >= 0.3 is 5.97 Å². The average molecular weight is 253 g/mol. The molecular weight excluding hydrogens is 244 g/mol. The van der Waals surface area contributed by atoms with Crippen molar-refractivity contribution in [3.8, 4) is 0 Å². The van der Waals surface area contributed by atoms with Gasteiger partial charge in [0.1, 0.15) is 10.0 Å². The van der Waals surface area contributed by atoms with Crippen molar-refractivity contribution in [3.05, 3.63) is 10.0 Å². The van der Waals surface area contributed by atoms with Gasteiger partial charge in [-0.15, -0.1) is 5.10 Å². The van der Waals surface area contributed by atoms with Gasteiger partial charge in [0.25, 0.3) is 0 Å². The van der Waals surface area contributed by atoms with Crippen LogP contribution in [0.15, 0.2) is 0 Å². The topological polar surface area (TPSA) is 63.1 Å². The number of rotatable bonds is 5. The average Bonchev–Trinajstić information content (AvgIpc) is 2.46. The second kappa shape index (κ2) is 5.53. The van der Waals surface area contributed by atoms with Gasteiger partial charge in [0, 0.05) is 22.5 Å². The second-order valence-corrected chi connectivity index (χ2v) is 5.50. The normalized spacial score (nSPS) is 12.7. The molecule has 4 nitrogen and oxygen atoms in total. The van der Waals surface area contributed by atoms with Crippen molar-refractivity contribution in [3.63, 3.8) is 0 Å². The molecule has 0 amide bonds. The molecular formula is C7H9ClN2O2S2. The fourth-order valence-corrected chi connectivity index (χ4v) is 2.51. The van der Waals surface area contributed by atoms with Crippen LogP contribution in [0.25, 0.3) is 0 Å². The smallest absolute Gasteiger partial charge is 0.304 e. The molecule has 0 fully saturated rings. The van der Waals surface area contributed by atoms with E-state index >= 15 is 0 Å². The number of thioether (sulfide) groups is 1. The number of hydrogen-bond acceptors (Lipinski definition) is 5. The van der Waals surface area contributed by atoms with Gasteiger partial charge in [0.05, 0.1) is 6.42 Å². The number of nitrogens with zero attached hydrogens (tertiary/aromatic N) is 2. The third-order valence-electron chi connectivity index (χ3n) is 1.48. The lowest BCUT2D eigenvalue weighted by Crippen LogP contribution is -2.05. The molecule has 1 aromatic rings. The molecule has 0 aliphatic heterocycles. The van der Waals surface area contributed by atoms with Gasteiger partial charge in [-0.25, -0.2) is 0 Å². The minimum atomic E-state index is -0.785. The molecule has 0 aromatic carbocycles. The van der Waals surface area contributed by atoms with E-state index in [0.29, 0.717) is 10.1 Å². The molecule has 1 aromatic heterocycles. The van der Waals surface area contributed by atoms with E-state index in [0.717, 1.165) is 17.2 Å². The maximum absolute atomic E-state index is 10.4. The molecule has 1 atom stereocenters. The van der Waals surface area contributed by atoms with E-state index in [1.807, 2.05) is 6.92 Å². The van der Waals surface area contributed by atoms with Crippen LogP contribution in [0.2, 0.25) is 4.34 Å². The van der Waals surface area contributed by atoms with Crippen molar-refractivity contribution in [2.24, 2.45) is 0 Å². The number of halogens is 1. The summed E-state index contributed by atoms with van der Waals surface area (Å²) in [6, 6.07) is 0. The maximum atomic E-state index is 10.4. The summed E-state index contributed by atoms with van der Waals surface area (Å²) < 4.78 is 4.27. The van der Waals surface area contributed by atoms with Crippen molar-refractivity contribution in [2.75, 3.05) is 0 Å². The van der Waals surface area contributed by atoms with Crippen LogP contribution in [0.1, 0.15) is 19.0 Å². The molecule has 0 aliphatic rings. The standard InChI is InChI=1S/C7H9ClN2O2S2/c1-4(2-6(11)12)13-3-5-7(8)14-10-9-5/h4H,2-3H2,1H3,(H,11,12). The Bertz CT molecular complexity index is 318. The molecule has 1 rings (SSSR count). The zero-order chi connectivity index (χ0) is 10.6. The van der Waals surface area contributed by atoms with Crippen LogP contribution in [-0.2, 0) is 10.5 Å². The van der Waals surface area contributed by atoms with E-state index in [2.05, 4.69) is 9.59 Å². The lowest BCUT2D eigenvalue weighted by atomic mass is 10.3. The van der Waals surface area contributed by atoms with Gasteiger partial charge in [0.2, 0.25) is 0 Å². The number of carboxylic acids is 1. The molecule has 0 spiro atoms. The highest BCUT2D eigenvalue weighted by Crippen LogP contribution is 2.25. The minimum Gasteiger partial charge on any atom is -0.481 e. The molecule has 1 unspecified atom stereocenters. The molecule has 78 valence electrons. The van der Waals surface area contributed by atoms with Crippen LogP contribution in [0.5, 0.6) is 0 Å². The molecule has 1 heterocycles. The third-order valence-corrected chi connectivity index (χ3v) is 3.64. The largest absolute Gasteiger partial charge is 0.481 e. The van der Waals surface area contributed by atoms with Gasteiger partial charge in [0.15, 0.2) is 0 Å². The van der Waals surface area contributed by atoms with Gasteiger partial charge in [-0.1, -0.05) is 23.0 Å². The maximum Gasteiger partial charge on any atom is 0.304 e. The van der Waals surface area contributed by atoms with Gasteiger partial charge in [-0.2, -0.15) is 11.8 Å². The Kier molecular flexibility index (Phi) is 4.64. The van der Waals surface area contributed by atoms with Crippen molar-refractivity contribution in [2.45, 2.75) is 24.3 Å². The Balaban J connectivity index is 2.34. The van der Waals surface area contributed by atoms with Gasteiger partial charge in [-0.05, 0) is 0 Å². The van der Waals surface area contributed by atoms with Crippen molar-refractivity contribution >= 4 is 40.9 Å². The Morgan fingerprint density at radius 3 is 3.00 bits per heavy atom. The molecule has 0 bridgehead atoms. The van der Waals surface area contributed by atoms with E-state index in [9.17, 15) is 4.79 Å². The summed E-state index contributed by atoms with van der Waals surface area (Å²) in [5, 5.41) is 12.4. The van der Waals surface area contributed by atoms with E-state index in [-0.39, 0.29) is 11.7 Å². The summed E-state index contributed by atoms with van der Waals surface area (Å²) in [5.74, 6) is -0.170. The lowest BCUT2D eigenvalue weighted by molar-refractivity contribution is -0.136. The SMILES string of the molecule is CC(CC(=O)O)SCc1nnsc1Cl. The first kappa shape index (κ1) is 11.7. The van der Waals surface area contributed by atoms with Crippen molar-refractivity contribution < 1.29 is 9.90 Å². The first-order valence-electron chi connectivity index (χ1n) is 3.89. The third kappa shape index (κ3) is 3.81. The number of carbonyl (C=O) groups is 1. The molecule has 1 N–H and O–H groups in total. The Morgan fingerprint density at radius 2 is 2.50 bits per heavy atom. The minimum absolute atomic E-state index is 0.0604. The van der Waals surface area contributed by atoms with Gasteiger partial charge < -0.3 is 5.11 Å². The summed E-state index contributed by atoms with van der Waals surface area (Å²) >= 11 is 8.45. The zero-order valence-electron chi connectivity index (χ0n) is 7.44. The molecule has 0 aliphatic carbocycles. The highest BCUT2D eigenvalue weighted by atomic mass is 35.5. The number of aromatic nitrogens is 2. The van der Waals surface area contributed by atoms with E-state index < -0.39 is 5.97 Å². The van der Waals surface area contributed by atoms with Crippen LogP contribution in [0, 0.1) is 0 Å². The number of hydrogen-bond donors (Lipinski definition) is 1. The quantitative estimate of drug-likeness (QED) is 0.871. The van der Waals surface area contributed by atoms with Crippen LogP contribution in [-0.4, -0.2) is 25.9 Å². The molecule has 0 radical (unpaired) electrons. The Hall–Kier alpha value is -0.330. The fraction of sp³-hybridized carbons (Fsp3) is 0.571. The van der Waals surface area contributed by atoms with E-state index in [4.69, 9.17) is 16.7 Å². The fourth-order valence-electron chi connectivity index (χ4n) is 0.809. The summed E-state index contributed by atoms with van der Waals surface area (Å²) in [6.45, 7) is 1.87. The van der Waals surface area contributed by atoms with Crippen LogP contribution in [0.3, 0.4) is 0 Å². The van der Waals surface area contributed by atoms with Crippen molar-refractivity contribution in [1.29, 1.82) is 0 Å². The summed E-state index contributed by atoms with van der Waals surface area (Å²) in [5.41, 5.74) is 0.735. The predicted molar refractivity (Wildman–Crippen MR) is 57.9 cm³/mol. The first-order valence-corrected chi connectivity index (χ1v) is 6.09. The number of aliphatic carboxylic acids is 1. The highest BCUT2D eigenvalue weighted by molar-refractivity contribution is 7.99. The van der Waals surface area contributed by atoms with Crippen LogP contribution in [0.4, 0.5) is 0 Å². The predicted octanol–water partition coefficient (Wildman–Crippen LogP) is 2.29. The summed E-state index contributed by atoms with van der Waals surface area (Å²) in [7, 11) is 0. The van der Waals surface area contributed by atoms with Gasteiger partial charge in [-0.3, -0.25) is 4.79 Å². The van der Waals surface area contributed by atoms with Crippen LogP contribution < -0.4 is 0 Å². The molecule has 14 heavy (non-hydrogen) atoms. The first-order chi connectivity index (χ1) is 6.59. The molecule has 7 heteroatoms. The van der Waals surface area contributed by atoms with E-state index in [1.165, 1.54) is 11.8 Å². The van der Waals surface area contributed by atoms with Crippen molar-refractivity contribution in [1.82, 2.24) is 9.59 Å². The Labute approximate surface area is 94.8 Å². The zero-order valence-corrected chi connectivity index (χ0v) is 9.82. The molecule has 0 saturated carbocycles.